The van der Waals surface area contributed by atoms with E-state index in [1.54, 1.807) is 23.0 Å². The van der Waals surface area contributed by atoms with Gasteiger partial charge in [0, 0.05) is 5.82 Å². The van der Waals surface area contributed by atoms with E-state index in [0.29, 0.717) is 0 Å². The van der Waals surface area contributed by atoms with Crippen molar-refractivity contribution in [1.29, 1.82) is 0 Å². The number of fused-ring (bicyclic) bond motifs is 2. The van der Waals surface area contributed by atoms with Gasteiger partial charge >= 0.3 is 7.60 Å². The topological polar surface area (TPSA) is 85.2 Å². The zero-order chi connectivity index (χ0) is 12.0. The molecule has 2 unspecified atom stereocenters. The maximum absolute atomic E-state index is 10.8. The maximum atomic E-state index is 10.8. The first-order valence-corrected chi connectivity index (χ1v) is 7.27. The molecule has 16 heavy (non-hydrogen) atoms. The largest absolute Gasteiger partial charge is 0.370 e. The molecule has 0 saturated carbocycles. The zero-order valence-electron chi connectivity index (χ0n) is 8.45. The van der Waals surface area contributed by atoms with Gasteiger partial charge in [-0.05, 0) is 6.08 Å². The van der Waals surface area contributed by atoms with Crippen LogP contribution < -0.4 is 0 Å². The molecule has 2 aliphatic rings. The van der Waals surface area contributed by atoms with Crippen LogP contribution in [0.25, 0.3) is 0 Å². The van der Waals surface area contributed by atoms with E-state index in [-0.39, 0.29) is 24.8 Å². The molecule has 4 atom stereocenters. The number of ether oxygens (including phenoxy) is 2. The minimum absolute atomic E-state index is 0.144. The lowest BCUT2D eigenvalue weighted by molar-refractivity contribution is -0.0915. The lowest BCUT2D eigenvalue weighted by atomic mass is 9.92. The summed E-state index contributed by atoms with van der Waals surface area (Å²) in [5.41, 5.74) is -0.869. The molecule has 0 aromatic rings. The van der Waals surface area contributed by atoms with Crippen molar-refractivity contribution >= 4 is 38.4 Å². The van der Waals surface area contributed by atoms with Crippen LogP contribution in [0.4, 0.5) is 0 Å². The molecule has 9 heteroatoms. The van der Waals surface area contributed by atoms with Gasteiger partial charge in [0.25, 0.3) is 0 Å². The second kappa shape index (κ2) is 4.35. The van der Waals surface area contributed by atoms with E-state index in [1.165, 1.54) is 6.08 Å². The molecule has 90 valence electrons. The summed E-state index contributed by atoms with van der Waals surface area (Å²) in [4.78, 5) is 17.6. The molecular formula is C7H11BIO6P. The predicted octanol–water partition coefficient (Wildman–Crippen LogP) is -0.460. The summed E-state index contributed by atoms with van der Waals surface area (Å²) in [5, 5.41) is 0. The van der Waals surface area contributed by atoms with Gasteiger partial charge in [-0.1, -0.05) is 0 Å². The van der Waals surface area contributed by atoms with E-state index in [4.69, 9.17) is 22.3 Å². The number of hydrogen-bond acceptors (Lipinski definition) is 4. The second-order valence-corrected chi connectivity index (χ2v) is 5.95. The lowest BCUT2D eigenvalue weighted by Crippen LogP contribution is -2.38. The van der Waals surface area contributed by atoms with Gasteiger partial charge in [-0.2, -0.15) is 0 Å². The van der Waals surface area contributed by atoms with Gasteiger partial charge < -0.3 is 22.3 Å². The first-order valence-electron chi connectivity index (χ1n) is 4.70. The molecule has 2 fully saturated rings. The molecule has 2 aliphatic heterocycles. The van der Waals surface area contributed by atoms with Crippen LogP contribution >= 0.6 is 30.6 Å². The van der Waals surface area contributed by atoms with Crippen LogP contribution in [-0.2, 0) is 17.1 Å². The molecule has 2 bridgehead atoms. The Morgan fingerprint density at radius 2 is 2.31 bits per heavy atom. The molecule has 2 heterocycles. The SMILES string of the molecule is B[C@@H]1O[C@@]2(/C=C/P(=O)(O)O)COC1C2OI. The Morgan fingerprint density at radius 3 is 2.81 bits per heavy atom. The fraction of sp³-hybridized carbons (Fsp3) is 0.714. The average Bonchev–Trinajstić information content (AvgIpc) is 2.65. The van der Waals surface area contributed by atoms with Crippen molar-refractivity contribution in [3.63, 3.8) is 0 Å². The quantitative estimate of drug-likeness (QED) is 0.403. The van der Waals surface area contributed by atoms with E-state index in [0.717, 1.165) is 5.82 Å². The minimum Gasteiger partial charge on any atom is -0.370 e. The highest BCUT2D eigenvalue weighted by Gasteiger charge is 2.59. The predicted molar refractivity (Wildman–Crippen MR) is 66.0 cm³/mol. The molecule has 0 amide bonds. The molecule has 2 saturated heterocycles. The summed E-state index contributed by atoms with van der Waals surface area (Å²) >= 11 is 1.75. The van der Waals surface area contributed by atoms with Crippen molar-refractivity contribution in [2.75, 3.05) is 6.61 Å². The van der Waals surface area contributed by atoms with Crippen molar-refractivity contribution in [2.24, 2.45) is 0 Å². The fourth-order valence-corrected chi connectivity index (χ4v) is 3.27. The Hall–Kier alpha value is 0.565. The standard InChI is InChI=1S/C7H11BIO6P/c8-6-4-5(15-9)7(14-6,3-13-4)1-2-16(10,11)12/h1-2,4-6H,3,8H2,(H2,10,11,12)/b2-1+/t4?,5?,6-,7+/m1/s1. The molecular weight excluding hydrogens is 349 g/mol. The summed E-state index contributed by atoms with van der Waals surface area (Å²) < 4.78 is 27.2. The van der Waals surface area contributed by atoms with Crippen LogP contribution in [0, 0.1) is 0 Å². The van der Waals surface area contributed by atoms with Gasteiger partial charge in [-0.3, -0.25) is 4.57 Å². The van der Waals surface area contributed by atoms with Crippen LogP contribution in [0.2, 0.25) is 0 Å². The molecule has 0 radical (unpaired) electrons. The molecule has 0 aromatic carbocycles. The first-order chi connectivity index (χ1) is 7.38. The van der Waals surface area contributed by atoms with Gasteiger partial charge in [0.05, 0.1) is 12.6 Å². The number of hydrogen-bond donors (Lipinski definition) is 2. The Labute approximate surface area is 108 Å². The minimum atomic E-state index is -4.19. The highest BCUT2D eigenvalue weighted by atomic mass is 127. The van der Waals surface area contributed by atoms with Crippen molar-refractivity contribution < 1.29 is 26.9 Å². The molecule has 2 rings (SSSR count). The third-order valence-corrected chi connectivity index (χ3v) is 3.88. The Balaban J connectivity index is 2.24. The normalized spacial score (nSPS) is 43.3. The van der Waals surface area contributed by atoms with Crippen LogP contribution in [0.3, 0.4) is 0 Å². The van der Waals surface area contributed by atoms with E-state index in [2.05, 4.69) is 0 Å². The van der Waals surface area contributed by atoms with Crippen molar-refractivity contribution in [3.8, 4) is 0 Å². The van der Waals surface area contributed by atoms with Gasteiger partial charge in [-0.15, -0.1) is 0 Å². The third-order valence-electron chi connectivity index (χ3n) is 2.80. The van der Waals surface area contributed by atoms with Gasteiger partial charge in [0.2, 0.25) is 0 Å². The smallest absolute Gasteiger partial charge is 0.348 e. The van der Waals surface area contributed by atoms with Gasteiger partial charge in [0.15, 0.2) is 0 Å². The zero-order valence-corrected chi connectivity index (χ0v) is 11.5. The summed E-state index contributed by atoms with van der Waals surface area (Å²) in [6.07, 6.45) is 0.852. The van der Waals surface area contributed by atoms with E-state index < -0.39 is 13.2 Å². The van der Waals surface area contributed by atoms with E-state index >= 15 is 0 Å². The van der Waals surface area contributed by atoms with Crippen molar-refractivity contribution in [3.05, 3.63) is 11.9 Å². The first kappa shape index (κ1) is 13.0. The molecule has 0 spiro atoms. The molecule has 0 aromatic heterocycles. The van der Waals surface area contributed by atoms with Crippen molar-refractivity contribution in [1.82, 2.24) is 0 Å². The number of halogens is 1. The average molecular weight is 360 g/mol. The summed E-state index contributed by atoms with van der Waals surface area (Å²) in [5.74, 6) is 0.847. The highest BCUT2D eigenvalue weighted by Crippen LogP contribution is 2.45. The van der Waals surface area contributed by atoms with Crippen LogP contribution in [0.1, 0.15) is 0 Å². The third kappa shape index (κ3) is 2.24. The van der Waals surface area contributed by atoms with Crippen LogP contribution in [-0.4, -0.2) is 48.1 Å². The molecule has 0 aliphatic carbocycles. The Kier molecular flexibility index (Phi) is 3.53. The second-order valence-electron chi connectivity index (χ2n) is 3.97. The van der Waals surface area contributed by atoms with Crippen molar-refractivity contribution in [2.45, 2.75) is 23.8 Å². The Bertz CT molecular complexity index is 359. The fourth-order valence-electron chi connectivity index (χ4n) is 2.10. The lowest BCUT2D eigenvalue weighted by Gasteiger charge is -2.26. The molecule has 6 nitrogen and oxygen atoms in total. The Morgan fingerprint density at radius 1 is 1.62 bits per heavy atom. The van der Waals surface area contributed by atoms with E-state index in [1.807, 2.05) is 7.85 Å². The van der Waals surface area contributed by atoms with Crippen LogP contribution in [0.5, 0.6) is 0 Å². The monoisotopic (exact) mass is 360 g/mol. The summed E-state index contributed by atoms with van der Waals surface area (Å²) in [6, 6.07) is -0.144. The van der Waals surface area contributed by atoms with Gasteiger partial charge in [-0.25, -0.2) is 0 Å². The summed E-state index contributed by atoms with van der Waals surface area (Å²) in [7, 11) is -2.34. The molecule has 2 N–H and O–H groups in total. The highest BCUT2D eigenvalue weighted by molar-refractivity contribution is 14.1. The van der Waals surface area contributed by atoms with E-state index in [9.17, 15) is 4.57 Å². The van der Waals surface area contributed by atoms with Gasteiger partial charge in [0.1, 0.15) is 48.7 Å². The number of rotatable bonds is 3. The van der Waals surface area contributed by atoms with Crippen LogP contribution in [0.15, 0.2) is 11.9 Å². The maximum Gasteiger partial charge on any atom is 0.348 e. The summed E-state index contributed by atoms with van der Waals surface area (Å²) in [6.45, 7) is 0.256.